The molecule has 0 radical (unpaired) electrons. The Bertz CT molecular complexity index is 296. The molecule has 0 heteroatoms. The number of allylic oxidation sites excluding steroid dienone is 4. The molecule has 3 rings (SSSR count). The Kier molecular flexibility index (Phi) is 3.17. The molecule has 0 atom stereocenters. The molecular formula is C16H24. The first kappa shape index (κ1) is 10.6. The van der Waals surface area contributed by atoms with Gasteiger partial charge in [0.15, 0.2) is 0 Å². The van der Waals surface area contributed by atoms with Crippen LogP contribution in [0.2, 0.25) is 0 Å². The monoisotopic (exact) mass is 216 g/mol. The van der Waals surface area contributed by atoms with Gasteiger partial charge in [-0.05, 0) is 49.5 Å². The summed E-state index contributed by atoms with van der Waals surface area (Å²) >= 11 is 0. The summed E-state index contributed by atoms with van der Waals surface area (Å²) in [5, 5.41) is 0. The van der Waals surface area contributed by atoms with Crippen LogP contribution in [0.3, 0.4) is 0 Å². The fourth-order valence-corrected chi connectivity index (χ4v) is 3.87. The maximum atomic E-state index is 2.59. The van der Waals surface area contributed by atoms with Crippen LogP contribution in [0, 0.1) is 11.8 Å². The Morgan fingerprint density at radius 2 is 1.38 bits per heavy atom. The van der Waals surface area contributed by atoms with E-state index in [1.165, 1.54) is 64.2 Å². The van der Waals surface area contributed by atoms with Crippen molar-refractivity contribution in [3.05, 3.63) is 23.3 Å². The molecule has 2 fully saturated rings. The van der Waals surface area contributed by atoms with Crippen molar-refractivity contribution in [1.82, 2.24) is 0 Å². The minimum Gasteiger partial charge on any atom is -0.0769 e. The van der Waals surface area contributed by atoms with E-state index in [1.54, 1.807) is 11.1 Å². The molecule has 0 aromatic heterocycles. The van der Waals surface area contributed by atoms with Gasteiger partial charge in [-0.3, -0.25) is 0 Å². The molecule has 0 aliphatic heterocycles. The van der Waals surface area contributed by atoms with Crippen LogP contribution in [0.15, 0.2) is 23.3 Å². The lowest BCUT2D eigenvalue weighted by Gasteiger charge is -2.22. The molecule has 2 saturated carbocycles. The van der Waals surface area contributed by atoms with Crippen molar-refractivity contribution in [3.63, 3.8) is 0 Å². The van der Waals surface area contributed by atoms with Crippen LogP contribution in [0.4, 0.5) is 0 Å². The van der Waals surface area contributed by atoms with E-state index in [9.17, 15) is 0 Å². The largest absolute Gasteiger partial charge is 0.0769 e. The number of hydrogen-bond donors (Lipinski definition) is 0. The highest BCUT2D eigenvalue weighted by Gasteiger charge is 2.24. The Morgan fingerprint density at radius 1 is 0.750 bits per heavy atom. The normalized spacial score (nSPS) is 28.2. The average molecular weight is 216 g/mol. The maximum absolute atomic E-state index is 2.59. The predicted octanol–water partition coefficient (Wildman–Crippen LogP) is 5.01. The van der Waals surface area contributed by atoms with Crippen molar-refractivity contribution in [3.8, 4) is 0 Å². The first-order valence-electron chi connectivity index (χ1n) is 7.34. The van der Waals surface area contributed by atoms with E-state index in [0.717, 1.165) is 11.8 Å². The Labute approximate surface area is 99.8 Å². The second kappa shape index (κ2) is 4.77. The van der Waals surface area contributed by atoms with E-state index in [2.05, 4.69) is 12.2 Å². The lowest BCUT2D eigenvalue weighted by molar-refractivity contribution is 0.400. The van der Waals surface area contributed by atoms with E-state index in [1.807, 2.05) is 0 Å². The van der Waals surface area contributed by atoms with Gasteiger partial charge in [0.25, 0.3) is 0 Å². The van der Waals surface area contributed by atoms with Crippen molar-refractivity contribution >= 4 is 0 Å². The molecule has 0 aromatic carbocycles. The van der Waals surface area contributed by atoms with Crippen molar-refractivity contribution in [2.24, 2.45) is 11.8 Å². The van der Waals surface area contributed by atoms with Crippen molar-refractivity contribution in [2.45, 2.75) is 64.2 Å². The van der Waals surface area contributed by atoms with Crippen molar-refractivity contribution in [2.75, 3.05) is 0 Å². The van der Waals surface area contributed by atoms with E-state index < -0.39 is 0 Å². The molecule has 0 nitrogen and oxygen atoms in total. The first-order valence-corrected chi connectivity index (χ1v) is 7.34. The van der Waals surface area contributed by atoms with Gasteiger partial charge in [0.1, 0.15) is 0 Å². The minimum absolute atomic E-state index is 0.932. The summed E-state index contributed by atoms with van der Waals surface area (Å²) in [4.78, 5) is 0. The van der Waals surface area contributed by atoms with Crippen molar-refractivity contribution < 1.29 is 0 Å². The molecule has 3 aliphatic carbocycles. The van der Waals surface area contributed by atoms with Crippen LogP contribution < -0.4 is 0 Å². The average Bonchev–Trinajstić information content (AvgIpc) is 3.01. The molecule has 88 valence electrons. The molecule has 0 N–H and O–H groups in total. The second-order valence-electron chi connectivity index (χ2n) is 5.94. The molecule has 0 unspecified atom stereocenters. The fourth-order valence-electron chi connectivity index (χ4n) is 3.87. The van der Waals surface area contributed by atoms with E-state index in [4.69, 9.17) is 0 Å². The zero-order chi connectivity index (χ0) is 10.8. The molecule has 0 saturated heterocycles. The molecule has 3 aliphatic rings. The van der Waals surface area contributed by atoms with Gasteiger partial charge in [0.2, 0.25) is 0 Å². The topological polar surface area (TPSA) is 0 Å². The van der Waals surface area contributed by atoms with Crippen LogP contribution >= 0.6 is 0 Å². The summed E-state index contributed by atoms with van der Waals surface area (Å²) in [6.45, 7) is 0. The predicted molar refractivity (Wildman–Crippen MR) is 69.3 cm³/mol. The molecule has 0 heterocycles. The van der Waals surface area contributed by atoms with Gasteiger partial charge in [0.05, 0.1) is 0 Å². The van der Waals surface area contributed by atoms with Crippen molar-refractivity contribution in [1.29, 1.82) is 0 Å². The molecule has 0 amide bonds. The molecular weight excluding hydrogens is 192 g/mol. The highest BCUT2D eigenvalue weighted by Crippen LogP contribution is 2.40. The Balaban J connectivity index is 1.64. The second-order valence-corrected chi connectivity index (χ2v) is 5.94. The van der Waals surface area contributed by atoms with Gasteiger partial charge in [-0.15, -0.1) is 0 Å². The maximum Gasteiger partial charge on any atom is -0.0127 e. The summed E-state index contributed by atoms with van der Waals surface area (Å²) in [6.07, 6.45) is 19.6. The lowest BCUT2D eigenvalue weighted by atomic mass is 9.83. The molecule has 0 spiro atoms. The van der Waals surface area contributed by atoms with Gasteiger partial charge in [-0.1, -0.05) is 49.8 Å². The quantitative estimate of drug-likeness (QED) is 0.608. The third kappa shape index (κ3) is 2.12. The van der Waals surface area contributed by atoms with E-state index in [0.29, 0.717) is 0 Å². The SMILES string of the molecule is C1=C(C2CCCC2)C=C(C2CCCCC2)C1. The summed E-state index contributed by atoms with van der Waals surface area (Å²) in [7, 11) is 0. The Hall–Kier alpha value is -0.520. The zero-order valence-electron chi connectivity index (χ0n) is 10.4. The van der Waals surface area contributed by atoms with Crippen LogP contribution in [0.5, 0.6) is 0 Å². The summed E-state index contributed by atoms with van der Waals surface area (Å²) in [5.74, 6) is 1.88. The minimum atomic E-state index is 0.932. The van der Waals surface area contributed by atoms with Gasteiger partial charge >= 0.3 is 0 Å². The third-order valence-corrected chi connectivity index (χ3v) is 4.88. The lowest BCUT2D eigenvalue weighted by Crippen LogP contribution is -2.08. The van der Waals surface area contributed by atoms with Crippen LogP contribution in [0.1, 0.15) is 64.2 Å². The van der Waals surface area contributed by atoms with Crippen LogP contribution in [0.25, 0.3) is 0 Å². The standard InChI is InChI=1S/C16H24/c1-2-6-13(7-3-1)15-10-11-16(12-15)14-8-4-5-9-14/h11-14H,1-10H2. The third-order valence-electron chi connectivity index (χ3n) is 4.88. The summed E-state index contributed by atoms with van der Waals surface area (Å²) < 4.78 is 0. The Morgan fingerprint density at radius 3 is 2.12 bits per heavy atom. The highest BCUT2D eigenvalue weighted by molar-refractivity contribution is 5.36. The van der Waals surface area contributed by atoms with Gasteiger partial charge in [0, 0.05) is 0 Å². The smallest absolute Gasteiger partial charge is 0.0127 e. The zero-order valence-corrected chi connectivity index (χ0v) is 10.4. The molecule has 0 aromatic rings. The van der Waals surface area contributed by atoms with Crippen LogP contribution in [-0.2, 0) is 0 Å². The van der Waals surface area contributed by atoms with Gasteiger partial charge in [-0.2, -0.15) is 0 Å². The molecule has 16 heavy (non-hydrogen) atoms. The summed E-state index contributed by atoms with van der Waals surface area (Å²) in [6, 6.07) is 0. The van der Waals surface area contributed by atoms with Crippen LogP contribution in [-0.4, -0.2) is 0 Å². The van der Waals surface area contributed by atoms with E-state index >= 15 is 0 Å². The number of rotatable bonds is 2. The highest BCUT2D eigenvalue weighted by atomic mass is 14.3. The van der Waals surface area contributed by atoms with Gasteiger partial charge < -0.3 is 0 Å². The fraction of sp³-hybridized carbons (Fsp3) is 0.750. The van der Waals surface area contributed by atoms with E-state index in [-0.39, 0.29) is 0 Å². The first-order chi connectivity index (χ1) is 7.93. The summed E-state index contributed by atoms with van der Waals surface area (Å²) in [5.41, 5.74) is 3.49. The molecule has 0 bridgehead atoms. The number of hydrogen-bond acceptors (Lipinski definition) is 0. The van der Waals surface area contributed by atoms with Gasteiger partial charge in [-0.25, -0.2) is 0 Å².